The molecule has 2 aromatic rings. The highest BCUT2D eigenvalue weighted by Gasteiger charge is 2.30. The molecule has 30 heavy (non-hydrogen) atoms. The fourth-order valence-electron chi connectivity index (χ4n) is 4.69. The first kappa shape index (κ1) is 21.3. The minimum atomic E-state index is 0.132. The summed E-state index contributed by atoms with van der Waals surface area (Å²) in [5.74, 6) is 0.310. The number of halogens is 1. The number of nitrogens with zero attached hydrogens (tertiary/aromatic N) is 3. The van der Waals surface area contributed by atoms with Crippen LogP contribution in [0.25, 0.3) is 0 Å². The molecule has 2 aliphatic heterocycles. The molecule has 4 rings (SSSR count). The Morgan fingerprint density at radius 1 is 1.03 bits per heavy atom. The van der Waals surface area contributed by atoms with Crippen molar-refractivity contribution in [1.29, 1.82) is 0 Å². The van der Waals surface area contributed by atoms with Crippen molar-refractivity contribution in [3.63, 3.8) is 0 Å². The van der Waals surface area contributed by atoms with E-state index in [1.165, 1.54) is 18.4 Å². The van der Waals surface area contributed by atoms with E-state index in [0.29, 0.717) is 12.6 Å². The predicted octanol–water partition coefficient (Wildman–Crippen LogP) is 3.73. The van der Waals surface area contributed by atoms with Gasteiger partial charge >= 0.3 is 0 Å². The lowest BCUT2D eigenvalue weighted by atomic mass is 9.92. The molecule has 5 nitrogen and oxygen atoms in total. The number of rotatable bonds is 6. The lowest BCUT2D eigenvalue weighted by Crippen LogP contribution is -2.49. The van der Waals surface area contributed by atoms with E-state index in [4.69, 9.17) is 11.6 Å². The second-order valence-electron chi connectivity index (χ2n) is 8.49. The van der Waals surface area contributed by atoms with Gasteiger partial charge in [-0.05, 0) is 81.7 Å². The number of carbonyl (C=O) groups excluding carboxylic acids is 1. The van der Waals surface area contributed by atoms with Crippen molar-refractivity contribution >= 4 is 17.5 Å². The molecule has 0 unspecified atom stereocenters. The van der Waals surface area contributed by atoms with Crippen LogP contribution in [0.1, 0.15) is 36.9 Å². The van der Waals surface area contributed by atoms with Crippen LogP contribution < -0.4 is 5.32 Å². The Morgan fingerprint density at radius 2 is 1.83 bits per heavy atom. The summed E-state index contributed by atoms with van der Waals surface area (Å²) < 4.78 is 0. The van der Waals surface area contributed by atoms with Crippen LogP contribution in [-0.4, -0.2) is 52.9 Å². The number of nitrogens with one attached hydrogen (secondary N) is 1. The summed E-state index contributed by atoms with van der Waals surface area (Å²) in [4.78, 5) is 21.9. The molecule has 160 valence electrons. The molecule has 3 heterocycles. The van der Waals surface area contributed by atoms with Crippen LogP contribution in [0.15, 0.2) is 48.7 Å². The van der Waals surface area contributed by atoms with Gasteiger partial charge in [0.2, 0.25) is 5.91 Å². The maximum Gasteiger partial charge on any atom is 0.223 e. The van der Waals surface area contributed by atoms with E-state index in [0.717, 1.165) is 56.3 Å². The minimum absolute atomic E-state index is 0.132. The molecule has 0 spiro atoms. The maximum atomic E-state index is 12.5. The molecular weight excluding hydrogens is 396 g/mol. The monoisotopic (exact) mass is 426 g/mol. The molecule has 2 saturated heterocycles. The van der Waals surface area contributed by atoms with Crippen molar-refractivity contribution in [2.75, 3.05) is 26.2 Å². The Balaban J connectivity index is 1.17. The van der Waals surface area contributed by atoms with Gasteiger partial charge in [-0.1, -0.05) is 29.8 Å². The number of likely N-dealkylation sites (tertiary alicyclic amines) is 2. The minimum Gasteiger partial charge on any atom is -0.350 e. The van der Waals surface area contributed by atoms with Gasteiger partial charge in [0, 0.05) is 29.7 Å². The predicted molar refractivity (Wildman–Crippen MR) is 120 cm³/mol. The zero-order chi connectivity index (χ0) is 20.8. The van der Waals surface area contributed by atoms with Crippen LogP contribution in [0.4, 0.5) is 0 Å². The normalized spacial score (nSPS) is 19.6. The van der Waals surface area contributed by atoms with Crippen molar-refractivity contribution in [2.24, 2.45) is 5.92 Å². The largest absolute Gasteiger partial charge is 0.350 e. The first-order chi connectivity index (χ1) is 14.7. The fraction of sp³-hybridized carbons (Fsp3) is 0.500. The summed E-state index contributed by atoms with van der Waals surface area (Å²) in [5.41, 5.74) is 2.20. The second-order valence-corrected chi connectivity index (χ2v) is 8.92. The zero-order valence-electron chi connectivity index (χ0n) is 17.5. The van der Waals surface area contributed by atoms with Gasteiger partial charge in [0.05, 0.1) is 12.2 Å². The molecular formula is C24H31ClN4O. The van der Waals surface area contributed by atoms with Gasteiger partial charge in [0.15, 0.2) is 0 Å². The number of hydrogen-bond acceptors (Lipinski definition) is 4. The van der Waals surface area contributed by atoms with Gasteiger partial charge in [-0.25, -0.2) is 0 Å². The third kappa shape index (κ3) is 5.81. The van der Waals surface area contributed by atoms with E-state index in [-0.39, 0.29) is 11.8 Å². The van der Waals surface area contributed by atoms with E-state index in [1.807, 2.05) is 30.3 Å². The molecule has 0 atom stereocenters. The highest BCUT2D eigenvalue weighted by Crippen LogP contribution is 2.25. The Bertz CT molecular complexity index is 815. The summed E-state index contributed by atoms with van der Waals surface area (Å²) in [6.07, 6.45) is 6.09. The first-order valence-corrected chi connectivity index (χ1v) is 11.4. The van der Waals surface area contributed by atoms with Crippen LogP contribution in [-0.2, 0) is 17.9 Å². The number of aromatic nitrogens is 1. The van der Waals surface area contributed by atoms with E-state index in [2.05, 4.69) is 32.2 Å². The van der Waals surface area contributed by atoms with Crippen LogP contribution in [0.2, 0.25) is 5.02 Å². The van der Waals surface area contributed by atoms with E-state index in [1.54, 1.807) is 6.20 Å². The number of hydrogen-bond donors (Lipinski definition) is 1. The Labute approximate surface area is 184 Å². The molecule has 0 saturated carbocycles. The summed E-state index contributed by atoms with van der Waals surface area (Å²) in [7, 11) is 0. The third-order valence-corrected chi connectivity index (χ3v) is 6.67. The highest BCUT2D eigenvalue weighted by atomic mass is 35.5. The zero-order valence-corrected chi connectivity index (χ0v) is 18.2. The summed E-state index contributed by atoms with van der Waals surface area (Å²) in [6.45, 7) is 5.81. The van der Waals surface area contributed by atoms with Crippen LogP contribution in [0.5, 0.6) is 0 Å². The average molecular weight is 427 g/mol. The number of carbonyl (C=O) groups is 1. The smallest absolute Gasteiger partial charge is 0.223 e. The van der Waals surface area contributed by atoms with Gasteiger partial charge in [-0.2, -0.15) is 0 Å². The molecule has 2 aliphatic rings. The van der Waals surface area contributed by atoms with Crippen molar-refractivity contribution in [3.05, 3.63) is 64.9 Å². The summed E-state index contributed by atoms with van der Waals surface area (Å²) >= 11 is 6.12. The van der Waals surface area contributed by atoms with E-state index >= 15 is 0 Å². The molecule has 2 fully saturated rings. The van der Waals surface area contributed by atoms with Crippen molar-refractivity contribution in [3.8, 4) is 0 Å². The number of pyridine rings is 1. The van der Waals surface area contributed by atoms with Gasteiger partial charge in [0.25, 0.3) is 0 Å². The highest BCUT2D eigenvalue weighted by molar-refractivity contribution is 6.30. The van der Waals surface area contributed by atoms with Crippen molar-refractivity contribution in [2.45, 2.75) is 44.8 Å². The average Bonchev–Trinajstić information content (AvgIpc) is 2.79. The Kier molecular flexibility index (Phi) is 7.37. The van der Waals surface area contributed by atoms with Crippen molar-refractivity contribution < 1.29 is 4.79 Å². The van der Waals surface area contributed by atoms with Crippen LogP contribution in [0, 0.1) is 5.92 Å². The van der Waals surface area contributed by atoms with E-state index in [9.17, 15) is 4.79 Å². The molecule has 1 aromatic heterocycles. The Hall–Kier alpha value is -1.95. The standard InChI is InChI=1S/C24H31ClN4O/c25-21-5-3-4-19(16-21)18-28-12-9-23(10-13-28)29-14-7-20(8-15-29)24(30)27-17-22-6-1-2-11-26-22/h1-6,11,16,20,23H,7-10,12-15,17-18H2,(H,27,30). The lowest BCUT2D eigenvalue weighted by molar-refractivity contribution is -0.126. The first-order valence-electron chi connectivity index (χ1n) is 11.1. The number of piperidine rings is 2. The topological polar surface area (TPSA) is 48.5 Å². The van der Waals surface area contributed by atoms with Gasteiger partial charge in [-0.15, -0.1) is 0 Å². The van der Waals surface area contributed by atoms with Crippen molar-refractivity contribution in [1.82, 2.24) is 20.1 Å². The molecule has 1 N–H and O–H groups in total. The molecule has 0 radical (unpaired) electrons. The quantitative estimate of drug-likeness (QED) is 0.764. The maximum absolute atomic E-state index is 12.5. The second kappa shape index (κ2) is 10.4. The molecule has 1 aromatic carbocycles. The summed E-state index contributed by atoms with van der Waals surface area (Å²) in [5, 5.41) is 3.87. The van der Waals surface area contributed by atoms with Gasteiger partial charge in [0.1, 0.15) is 0 Å². The molecule has 0 aliphatic carbocycles. The SMILES string of the molecule is O=C(NCc1ccccn1)C1CCN(C2CCN(Cc3cccc(Cl)c3)CC2)CC1. The van der Waals surface area contributed by atoms with Crippen LogP contribution >= 0.6 is 11.6 Å². The fourth-order valence-corrected chi connectivity index (χ4v) is 4.90. The third-order valence-electron chi connectivity index (χ3n) is 6.44. The van der Waals surface area contributed by atoms with Gasteiger partial charge < -0.3 is 10.2 Å². The number of benzene rings is 1. The number of amides is 1. The molecule has 1 amide bonds. The van der Waals surface area contributed by atoms with E-state index < -0.39 is 0 Å². The van der Waals surface area contributed by atoms with Gasteiger partial charge in [-0.3, -0.25) is 14.7 Å². The molecule has 6 heteroatoms. The van der Waals surface area contributed by atoms with Crippen LogP contribution in [0.3, 0.4) is 0 Å². The molecule has 0 bridgehead atoms. The Morgan fingerprint density at radius 3 is 2.53 bits per heavy atom. The lowest BCUT2D eigenvalue weighted by Gasteiger charge is -2.41. The summed E-state index contributed by atoms with van der Waals surface area (Å²) in [6, 6.07) is 14.6.